The molecule has 1 unspecified atom stereocenters. The van der Waals surface area contributed by atoms with Crippen molar-refractivity contribution < 1.29 is 4.79 Å². The molecule has 2 aromatic rings. The molecule has 4 nitrogen and oxygen atoms in total. The fourth-order valence-corrected chi connectivity index (χ4v) is 3.58. The molecule has 0 radical (unpaired) electrons. The van der Waals surface area contributed by atoms with Gasteiger partial charge in [0, 0.05) is 39.1 Å². The summed E-state index contributed by atoms with van der Waals surface area (Å²) in [6.45, 7) is 6.97. The van der Waals surface area contributed by atoms with Crippen molar-refractivity contribution in [2.24, 2.45) is 0 Å². The number of benzene rings is 2. The van der Waals surface area contributed by atoms with Gasteiger partial charge in [-0.2, -0.15) is 0 Å². The van der Waals surface area contributed by atoms with Crippen LogP contribution in [-0.4, -0.2) is 55.5 Å². The largest absolute Gasteiger partial charge is 0.354 e. The van der Waals surface area contributed by atoms with Gasteiger partial charge in [0.15, 0.2) is 0 Å². The van der Waals surface area contributed by atoms with E-state index in [1.165, 1.54) is 16.7 Å². The van der Waals surface area contributed by atoms with Crippen LogP contribution in [0.15, 0.2) is 54.6 Å². The Labute approximate surface area is 163 Å². The van der Waals surface area contributed by atoms with Gasteiger partial charge < -0.3 is 10.2 Å². The van der Waals surface area contributed by atoms with Crippen molar-refractivity contribution in [1.29, 1.82) is 0 Å². The van der Waals surface area contributed by atoms with Crippen LogP contribution in [0.25, 0.3) is 0 Å². The van der Waals surface area contributed by atoms with Gasteiger partial charge in [-0.05, 0) is 31.5 Å². The highest BCUT2D eigenvalue weighted by molar-refractivity contribution is 5.76. The average Bonchev–Trinajstić information content (AvgIpc) is 2.70. The number of carbonyl (C=O) groups is 1. The minimum atomic E-state index is 0.130. The number of likely N-dealkylation sites (N-methyl/N-ethyl adjacent to an activating group) is 1. The first-order valence-electron chi connectivity index (χ1n) is 9.91. The third-order valence-corrected chi connectivity index (χ3v) is 5.42. The van der Waals surface area contributed by atoms with Crippen LogP contribution in [0.4, 0.5) is 0 Å². The van der Waals surface area contributed by atoms with Crippen LogP contribution in [0.1, 0.15) is 29.2 Å². The van der Waals surface area contributed by atoms with Crippen LogP contribution < -0.4 is 5.32 Å². The van der Waals surface area contributed by atoms with E-state index in [9.17, 15) is 4.79 Å². The maximum Gasteiger partial charge on any atom is 0.220 e. The highest BCUT2D eigenvalue weighted by Gasteiger charge is 2.24. The fourth-order valence-electron chi connectivity index (χ4n) is 3.58. The summed E-state index contributed by atoms with van der Waals surface area (Å²) in [5, 5.41) is 3.18. The molecular weight excluding hydrogens is 334 g/mol. The second kappa shape index (κ2) is 9.67. The molecule has 1 aliphatic rings. The first kappa shape index (κ1) is 19.6. The summed E-state index contributed by atoms with van der Waals surface area (Å²) in [6.07, 6.45) is 1.32. The zero-order valence-corrected chi connectivity index (χ0v) is 16.5. The summed E-state index contributed by atoms with van der Waals surface area (Å²) in [7, 11) is 2.17. The number of nitrogens with one attached hydrogen (secondary N) is 1. The number of rotatable bonds is 7. The number of hydrogen-bond donors (Lipinski definition) is 1. The number of piperazine rings is 1. The SMILES string of the molecule is Cc1ccc(CCC(=O)NCC(c2ccccc2)N2CCN(C)CC2)cc1. The predicted octanol–water partition coefficient (Wildman–Crippen LogP) is 3.03. The number of hydrogen-bond acceptors (Lipinski definition) is 3. The Morgan fingerprint density at radius 2 is 1.67 bits per heavy atom. The topological polar surface area (TPSA) is 35.6 Å². The molecule has 1 amide bonds. The second-order valence-corrected chi connectivity index (χ2v) is 7.56. The number of aryl methyl sites for hydroxylation is 2. The van der Waals surface area contributed by atoms with Crippen LogP contribution in [0.2, 0.25) is 0 Å². The standard InChI is InChI=1S/C23H31N3O/c1-19-8-10-20(11-9-19)12-13-23(27)24-18-22(21-6-4-3-5-7-21)26-16-14-25(2)15-17-26/h3-11,22H,12-18H2,1-2H3,(H,24,27). The lowest BCUT2D eigenvalue weighted by Crippen LogP contribution is -2.48. The van der Waals surface area contributed by atoms with Crippen LogP contribution in [0, 0.1) is 6.92 Å². The molecule has 3 rings (SSSR count). The van der Waals surface area contributed by atoms with Crippen molar-refractivity contribution in [1.82, 2.24) is 15.1 Å². The van der Waals surface area contributed by atoms with Gasteiger partial charge in [-0.25, -0.2) is 0 Å². The zero-order valence-electron chi connectivity index (χ0n) is 16.5. The van der Waals surface area contributed by atoms with E-state index in [0.717, 1.165) is 32.6 Å². The van der Waals surface area contributed by atoms with E-state index >= 15 is 0 Å². The van der Waals surface area contributed by atoms with Gasteiger partial charge in [0.2, 0.25) is 5.91 Å². The Morgan fingerprint density at radius 3 is 2.33 bits per heavy atom. The van der Waals surface area contributed by atoms with Crippen molar-refractivity contribution in [3.63, 3.8) is 0 Å². The molecule has 1 saturated heterocycles. The third kappa shape index (κ3) is 5.91. The molecule has 144 valence electrons. The van der Waals surface area contributed by atoms with Gasteiger partial charge in [-0.15, -0.1) is 0 Å². The lowest BCUT2D eigenvalue weighted by atomic mass is 10.0. The number of amides is 1. The van der Waals surface area contributed by atoms with Gasteiger partial charge in [-0.3, -0.25) is 9.69 Å². The number of nitrogens with zero attached hydrogens (tertiary/aromatic N) is 2. The van der Waals surface area contributed by atoms with Crippen molar-refractivity contribution >= 4 is 5.91 Å². The third-order valence-electron chi connectivity index (χ3n) is 5.42. The van der Waals surface area contributed by atoms with E-state index in [2.05, 4.69) is 77.6 Å². The van der Waals surface area contributed by atoms with E-state index in [-0.39, 0.29) is 11.9 Å². The zero-order chi connectivity index (χ0) is 19.1. The molecule has 0 saturated carbocycles. The molecule has 0 aliphatic carbocycles. The molecule has 1 fully saturated rings. The minimum Gasteiger partial charge on any atom is -0.354 e. The first-order valence-corrected chi connectivity index (χ1v) is 9.91. The highest BCUT2D eigenvalue weighted by Crippen LogP contribution is 2.21. The molecule has 2 aromatic carbocycles. The first-order chi connectivity index (χ1) is 13.1. The summed E-state index contributed by atoms with van der Waals surface area (Å²) in [6, 6.07) is 19.2. The molecule has 0 bridgehead atoms. The van der Waals surface area contributed by atoms with E-state index in [1.807, 2.05) is 6.07 Å². The van der Waals surface area contributed by atoms with Crippen LogP contribution >= 0.6 is 0 Å². The van der Waals surface area contributed by atoms with Gasteiger partial charge in [0.1, 0.15) is 0 Å². The van der Waals surface area contributed by atoms with Gasteiger partial charge in [-0.1, -0.05) is 60.2 Å². The summed E-state index contributed by atoms with van der Waals surface area (Å²) in [4.78, 5) is 17.3. The molecule has 0 aromatic heterocycles. The van der Waals surface area contributed by atoms with E-state index in [4.69, 9.17) is 0 Å². The summed E-state index contributed by atoms with van der Waals surface area (Å²) in [5.41, 5.74) is 3.75. The maximum absolute atomic E-state index is 12.4. The van der Waals surface area contributed by atoms with Crippen molar-refractivity contribution in [2.45, 2.75) is 25.8 Å². The van der Waals surface area contributed by atoms with Gasteiger partial charge in [0.25, 0.3) is 0 Å². The second-order valence-electron chi connectivity index (χ2n) is 7.56. The Bertz CT molecular complexity index is 706. The Hall–Kier alpha value is -2.17. The fraction of sp³-hybridized carbons (Fsp3) is 0.435. The Balaban J connectivity index is 1.55. The van der Waals surface area contributed by atoms with Crippen LogP contribution in [0.5, 0.6) is 0 Å². The predicted molar refractivity (Wildman–Crippen MR) is 111 cm³/mol. The Morgan fingerprint density at radius 1 is 1.00 bits per heavy atom. The van der Waals surface area contributed by atoms with E-state index in [1.54, 1.807) is 0 Å². The number of carbonyl (C=O) groups excluding carboxylic acids is 1. The molecular formula is C23H31N3O. The van der Waals surface area contributed by atoms with E-state index in [0.29, 0.717) is 13.0 Å². The maximum atomic E-state index is 12.4. The highest BCUT2D eigenvalue weighted by atomic mass is 16.1. The molecule has 1 atom stereocenters. The van der Waals surface area contributed by atoms with Crippen molar-refractivity contribution in [3.8, 4) is 0 Å². The normalized spacial score (nSPS) is 16.8. The monoisotopic (exact) mass is 365 g/mol. The molecule has 1 heterocycles. The Kier molecular flexibility index (Phi) is 7.02. The average molecular weight is 366 g/mol. The smallest absolute Gasteiger partial charge is 0.220 e. The quantitative estimate of drug-likeness (QED) is 0.819. The summed E-state index contributed by atoms with van der Waals surface area (Å²) >= 11 is 0. The van der Waals surface area contributed by atoms with Crippen LogP contribution in [-0.2, 0) is 11.2 Å². The lowest BCUT2D eigenvalue weighted by molar-refractivity contribution is -0.121. The molecule has 27 heavy (non-hydrogen) atoms. The van der Waals surface area contributed by atoms with Crippen LogP contribution in [0.3, 0.4) is 0 Å². The van der Waals surface area contributed by atoms with Gasteiger partial charge in [0.05, 0.1) is 6.04 Å². The molecule has 0 spiro atoms. The van der Waals surface area contributed by atoms with Crippen molar-refractivity contribution in [2.75, 3.05) is 39.8 Å². The molecule has 1 N–H and O–H groups in total. The lowest BCUT2D eigenvalue weighted by Gasteiger charge is -2.38. The summed E-state index contributed by atoms with van der Waals surface area (Å²) < 4.78 is 0. The van der Waals surface area contributed by atoms with Crippen molar-refractivity contribution in [3.05, 3.63) is 71.3 Å². The molecule has 4 heteroatoms. The minimum absolute atomic E-state index is 0.130. The summed E-state index contributed by atoms with van der Waals surface area (Å²) in [5.74, 6) is 0.130. The van der Waals surface area contributed by atoms with E-state index < -0.39 is 0 Å². The molecule has 1 aliphatic heterocycles. The van der Waals surface area contributed by atoms with Gasteiger partial charge >= 0.3 is 0 Å².